The molecule has 0 aliphatic rings. The highest BCUT2D eigenvalue weighted by atomic mass is 127. The van der Waals surface area contributed by atoms with Gasteiger partial charge in [-0.05, 0) is 24.6 Å². The van der Waals surface area contributed by atoms with E-state index in [9.17, 15) is 4.79 Å². The number of halogens is 1. The summed E-state index contributed by atoms with van der Waals surface area (Å²) in [4.78, 5) is 15.9. The molecular formula is C16H23IN4O. The van der Waals surface area contributed by atoms with Crippen LogP contribution in [0.1, 0.15) is 25.3 Å². The second kappa shape index (κ2) is 11.9. The number of aliphatic imine (C=N–C) groups is 1. The Labute approximate surface area is 149 Å². The number of rotatable bonds is 6. The molecule has 1 rings (SSSR count). The van der Waals surface area contributed by atoms with E-state index < -0.39 is 0 Å². The van der Waals surface area contributed by atoms with Gasteiger partial charge in [-0.2, -0.15) is 0 Å². The summed E-state index contributed by atoms with van der Waals surface area (Å²) in [6.45, 7) is 3.10. The molecule has 1 aromatic carbocycles. The molecule has 0 unspecified atom stereocenters. The lowest BCUT2D eigenvalue weighted by Crippen LogP contribution is -2.41. The van der Waals surface area contributed by atoms with Crippen LogP contribution < -0.4 is 16.0 Å². The molecule has 0 aliphatic heterocycles. The maximum Gasteiger partial charge on any atom is 0.243 e. The molecule has 6 heteroatoms. The predicted octanol–water partition coefficient (Wildman–Crippen LogP) is 2.19. The number of guanidine groups is 1. The summed E-state index contributed by atoms with van der Waals surface area (Å²) in [5, 5.41) is 8.89. The van der Waals surface area contributed by atoms with Crippen LogP contribution in [-0.4, -0.2) is 32.0 Å². The summed E-state index contributed by atoms with van der Waals surface area (Å²) in [6, 6.07) is 7.18. The maximum absolute atomic E-state index is 11.9. The SMILES string of the molecule is C#Cc1cccc(NC(=O)CNC(=NC)NCCCC)c1.I. The lowest BCUT2D eigenvalue weighted by Gasteiger charge is -2.11. The lowest BCUT2D eigenvalue weighted by molar-refractivity contribution is -0.115. The van der Waals surface area contributed by atoms with Crippen molar-refractivity contribution in [2.75, 3.05) is 25.5 Å². The molecule has 0 aromatic heterocycles. The summed E-state index contributed by atoms with van der Waals surface area (Å²) in [6.07, 6.45) is 7.49. The van der Waals surface area contributed by atoms with Crippen molar-refractivity contribution in [3.05, 3.63) is 29.8 Å². The van der Waals surface area contributed by atoms with Gasteiger partial charge in [0.05, 0.1) is 6.54 Å². The van der Waals surface area contributed by atoms with Gasteiger partial charge in [0, 0.05) is 24.8 Å². The monoisotopic (exact) mass is 414 g/mol. The Morgan fingerprint density at radius 3 is 2.77 bits per heavy atom. The number of nitrogens with zero attached hydrogens (tertiary/aromatic N) is 1. The van der Waals surface area contributed by atoms with Crippen LogP contribution in [-0.2, 0) is 4.79 Å². The van der Waals surface area contributed by atoms with Crippen LogP contribution >= 0.6 is 24.0 Å². The van der Waals surface area contributed by atoms with Crippen LogP contribution in [0.25, 0.3) is 0 Å². The molecule has 0 bridgehead atoms. The maximum atomic E-state index is 11.9. The van der Waals surface area contributed by atoms with Crippen molar-refractivity contribution in [2.45, 2.75) is 19.8 Å². The first kappa shape index (κ1) is 20.2. The van der Waals surface area contributed by atoms with Crippen LogP contribution in [0, 0.1) is 12.3 Å². The summed E-state index contributed by atoms with van der Waals surface area (Å²) in [5.41, 5.74) is 1.42. The van der Waals surface area contributed by atoms with E-state index in [-0.39, 0.29) is 36.4 Å². The van der Waals surface area contributed by atoms with E-state index in [4.69, 9.17) is 6.42 Å². The number of amides is 1. The number of carbonyl (C=O) groups excluding carboxylic acids is 1. The zero-order valence-electron chi connectivity index (χ0n) is 13.0. The van der Waals surface area contributed by atoms with Gasteiger partial charge >= 0.3 is 0 Å². The molecular weight excluding hydrogens is 391 g/mol. The molecule has 0 heterocycles. The highest BCUT2D eigenvalue weighted by Crippen LogP contribution is 2.09. The normalized spacial score (nSPS) is 10.1. The quantitative estimate of drug-likeness (QED) is 0.220. The van der Waals surface area contributed by atoms with Gasteiger partial charge in [-0.3, -0.25) is 9.79 Å². The Morgan fingerprint density at radius 2 is 2.14 bits per heavy atom. The summed E-state index contributed by atoms with van der Waals surface area (Å²) in [7, 11) is 1.68. The Kier molecular flexibility index (Phi) is 10.9. The third-order valence-electron chi connectivity index (χ3n) is 2.78. The van der Waals surface area contributed by atoms with Crippen molar-refractivity contribution in [2.24, 2.45) is 4.99 Å². The first-order valence-electron chi connectivity index (χ1n) is 7.00. The standard InChI is InChI=1S/C16H22N4O.HI/c1-4-6-10-18-16(17-3)19-12-15(21)20-14-9-7-8-13(5-2)11-14;/h2,7-9,11H,4,6,10,12H2,1,3H3,(H,20,21)(H2,17,18,19);1H. The van der Waals surface area contributed by atoms with Gasteiger partial charge in [0.1, 0.15) is 0 Å². The molecule has 22 heavy (non-hydrogen) atoms. The first-order valence-corrected chi connectivity index (χ1v) is 7.00. The average Bonchev–Trinajstić information content (AvgIpc) is 2.51. The molecule has 1 aromatic rings. The minimum Gasteiger partial charge on any atom is -0.356 e. The van der Waals surface area contributed by atoms with E-state index in [0.717, 1.165) is 24.9 Å². The number of nitrogens with one attached hydrogen (secondary N) is 3. The number of terminal acetylenes is 1. The van der Waals surface area contributed by atoms with E-state index in [2.05, 4.69) is 33.8 Å². The predicted molar refractivity (Wildman–Crippen MR) is 103 cm³/mol. The molecule has 0 spiro atoms. The van der Waals surface area contributed by atoms with Gasteiger partial charge in [-0.25, -0.2) is 0 Å². The minimum atomic E-state index is -0.150. The zero-order valence-corrected chi connectivity index (χ0v) is 15.3. The molecule has 120 valence electrons. The number of hydrogen-bond acceptors (Lipinski definition) is 2. The number of benzene rings is 1. The third kappa shape index (κ3) is 7.88. The van der Waals surface area contributed by atoms with Crippen molar-refractivity contribution < 1.29 is 4.79 Å². The lowest BCUT2D eigenvalue weighted by atomic mass is 10.2. The molecule has 0 fully saturated rings. The Hall–Kier alpha value is -1.75. The highest BCUT2D eigenvalue weighted by Gasteiger charge is 2.04. The van der Waals surface area contributed by atoms with Crippen LogP contribution in [0.2, 0.25) is 0 Å². The van der Waals surface area contributed by atoms with Gasteiger partial charge < -0.3 is 16.0 Å². The van der Waals surface area contributed by atoms with Crippen LogP contribution in [0.15, 0.2) is 29.3 Å². The van der Waals surface area contributed by atoms with Crippen LogP contribution in [0.3, 0.4) is 0 Å². The number of anilines is 1. The fourth-order valence-corrected chi connectivity index (χ4v) is 1.66. The van der Waals surface area contributed by atoms with E-state index in [1.165, 1.54) is 0 Å². The Morgan fingerprint density at radius 1 is 1.36 bits per heavy atom. The number of hydrogen-bond donors (Lipinski definition) is 3. The van der Waals surface area contributed by atoms with Gasteiger partial charge in [0.25, 0.3) is 0 Å². The van der Waals surface area contributed by atoms with E-state index in [1.54, 1.807) is 19.2 Å². The molecule has 0 saturated carbocycles. The molecule has 0 radical (unpaired) electrons. The largest absolute Gasteiger partial charge is 0.356 e. The molecule has 0 atom stereocenters. The first-order chi connectivity index (χ1) is 10.2. The highest BCUT2D eigenvalue weighted by molar-refractivity contribution is 14.0. The number of unbranched alkanes of at least 4 members (excludes halogenated alkanes) is 1. The Bertz CT molecular complexity index is 537. The topological polar surface area (TPSA) is 65.5 Å². The molecule has 0 saturated heterocycles. The smallest absolute Gasteiger partial charge is 0.243 e. The molecule has 5 nitrogen and oxygen atoms in total. The van der Waals surface area contributed by atoms with Crippen molar-refractivity contribution >= 4 is 41.5 Å². The zero-order chi connectivity index (χ0) is 15.5. The van der Waals surface area contributed by atoms with E-state index in [1.807, 2.05) is 12.1 Å². The van der Waals surface area contributed by atoms with Gasteiger partial charge in [0.15, 0.2) is 5.96 Å². The fourth-order valence-electron chi connectivity index (χ4n) is 1.66. The van der Waals surface area contributed by atoms with E-state index >= 15 is 0 Å². The fraction of sp³-hybridized carbons (Fsp3) is 0.375. The summed E-state index contributed by atoms with van der Waals surface area (Å²) in [5.74, 6) is 3.00. The third-order valence-corrected chi connectivity index (χ3v) is 2.78. The molecule has 1 amide bonds. The van der Waals surface area contributed by atoms with Gasteiger partial charge in [-0.15, -0.1) is 30.4 Å². The van der Waals surface area contributed by atoms with Crippen molar-refractivity contribution in [1.29, 1.82) is 0 Å². The average molecular weight is 414 g/mol. The van der Waals surface area contributed by atoms with Crippen molar-refractivity contribution in [1.82, 2.24) is 10.6 Å². The van der Waals surface area contributed by atoms with Crippen LogP contribution in [0.4, 0.5) is 5.69 Å². The van der Waals surface area contributed by atoms with Crippen molar-refractivity contribution in [3.63, 3.8) is 0 Å². The van der Waals surface area contributed by atoms with Gasteiger partial charge in [0.2, 0.25) is 5.91 Å². The second-order valence-electron chi connectivity index (χ2n) is 4.48. The van der Waals surface area contributed by atoms with Crippen molar-refractivity contribution in [3.8, 4) is 12.3 Å². The summed E-state index contributed by atoms with van der Waals surface area (Å²) < 4.78 is 0. The molecule has 0 aliphatic carbocycles. The van der Waals surface area contributed by atoms with E-state index in [0.29, 0.717) is 11.6 Å². The van der Waals surface area contributed by atoms with Gasteiger partial charge in [-0.1, -0.05) is 25.3 Å². The minimum absolute atomic E-state index is 0. The van der Waals surface area contributed by atoms with Crippen LogP contribution in [0.5, 0.6) is 0 Å². The summed E-state index contributed by atoms with van der Waals surface area (Å²) >= 11 is 0. The second-order valence-corrected chi connectivity index (χ2v) is 4.48. The Balaban J connectivity index is 0.00000441. The molecule has 3 N–H and O–H groups in total. The number of carbonyl (C=O) groups is 1.